The van der Waals surface area contributed by atoms with Crippen molar-refractivity contribution in [3.63, 3.8) is 0 Å². The molecule has 0 spiro atoms. The van der Waals surface area contributed by atoms with Gasteiger partial charge in [-0.25, -0.2) is 4.39 Å². The summed E-state index contributed by atoms with van der Waals surface area (Å²) in [6.07, 6.45) is 0. The molecule has 0 unspecified atom stereocenters. The van der Waals surface area contributed by atoms with Crippen LogP contribution in [0.4, 0.5) is 10.1 Å². The van der Waals surface area contributed by atoms with E-state index in [1.807, 2.05) is 26.0 Å². The summed E-state index contributed by atoms with van der Waals surface area (Å²) in [7, 11) is 0. The number of nitrogens with two attached hydrogens (primary N) is 1. The van der Waals surface area contributed by atoms with Gasteiger partial charge in [-0.1, -0.05) is 64.4 Å². The maximum Gasteiger partial charge on any atom is 0.255 e. The van der Waals surface area contributed by atoms with Crippen LogP contribution in [0.2, 0.25) is 5.02 Å². The molecule has 0 fully saturated rings. The van der Waals surface area contributed by atoms with E-state index in [-0.39, 0.29) is 34.8 Å². The molecule has 0 aromatic heterocycles. The van der Waals surface area contributed by atoms with E-state index in [1.165, 1.54) is 18.2 Å². The van der Waals surface area contributed by atoms with Crippen molar-refractivity contribution in [2.45, 2.75) is 46.6 Å². The van der Waals surface area contributed by atoms with E-state index in [4.69, 9.17) is 17.3 Å². The SMILES string of the molecule is CC(C)(CN)CN(Cc1cc(NC(=O)c2ccc(C(C)(C)C)cc2)ccc1Cl)C(=O)c1cccc(F)c1. The molecule has 0 saturated heterocycles. The Balaban J connectivity index is 1.84. The van der Waals surface area contributed by atoms with Crippen LogP contribution in [0.3, 0.4) is 0 Å². The van der Waals surface area contributed by atoms with E-state index < -0.39 is 5.82 Å². The molecule has 0 aliphatic heterocycles. The number of nitrogens with zero attached hydrogens (tertiary/aromatic N) is 1. The number of rotatable bonds is 8. The Morgan fingerprint density at radius 3 is 2.22 bits per heavy atom. The van der Waals surface area contributed by atoms with Crippen LogP contribution in [0, 0.1) is 11.2 Å². The van der Waals surface area contributed by atoms with Crippen molar-refractivity contribution in [3.05, 3.63) is 99.8 Å². The summed E-state index contributed by atoms with van der Waals surface area (Å²) in [6.45, 7) is 11.1. The van der Waals surface area contributed by atoms with Gasteiger partial charge in [0.1, 0.15) is 5.82 Å². The van der Waals surface area contributed by atoms with Crippen LogP contribution >= 0.6 is 11.6 Å². The quantitative estimate of drug-likeness (QED) is 0.347. The Kier molecular flexibility index (Phi) is 8.77. The van der Waals surface area contributed by atoms with E-state index in [1.54, 1.807) is 41.3 Å². The highest BCUT2D eigenvalue weighted by atomic mass is 35.5. The van der Waals surface area contributed by atoms with Crippen LogP contribution in [0.5, 0.6) is 0 Å². The van der Waals surface area contributed by atoms with Crippen molar-refractivity contribution in [1.29, 1.82) is 0 Å². The number of carbonyl (C=O) groups is 2. The first kappa shape index (κ1) is 28.4. The van der Waals surface area contributed by atoms with Crippen molar-refractivity contribution < 1.29 is 14.0 Å². The Bertz CT molecular complexity index is 1270. The van der Waals surface area contributed by atoms with Crippen molar-refractivity contribution in [2.24, 2.45) is 11.1 Å². The molecule has 0 aliphatic carbocycles. The molecule has 3 rings (SSSR count). The standard InChI is InChI=1S/C30H35ClFN3O2/c1-29(2,3)23-11-9-20(10-12-23)27(36)34-25-13-14-26(31)22(16-25)17-35(19-30(4,5)18-33)28(37)21-7-6-8-24(32)15-21/h6-16H,17-19,33H2,1-5H3,(H,34,36). The highest BCUT2D eigenvalue weighted by Gasteiger charge is 2.26. The molecular formula is C30H35ClFN3O2. The third-order valence-corrected chi connectivity index (χ3v) is 6.58. The van der Waals surface area contributed by atoms with Crippen LogP contribution in [0.15, 0.2) is 66.7 Å². The third-order valence-electron chi connectivity index (χ3n) is 6.21. The smallest absolute Gasteiger partial charge is 0.255 e. The molecule has 0 aliphatic rings. The van der Waals surface area contributed by atoms with E-state index in [9.17, 15) is 14.0 Å². The second-order valence-corrected chi connectivity index (χ2v) is 11.5. The maximum atomic E-state index is 13.8. The Morgan fingerprint density at radius 1 is 0.946 bits per heavy atom. The van der Waals surface area contributed by atoms with Crippen LogP contribution in [-0.4, -0.2) is 29.8 Å². The minimum Gasteiger partial charge on any atom is -0.334 e. The fourth-order valence-corrected chi connectivity index (χ4v) is 4.07. The Labute approximate surface area is 223 Å². The van der Waals surface area contributed by atoms with Gasteiger partial charge in [0.05, 0.1) is 0 Å². The van der Waals surface area contributed by atoms with Gasteiger partial charge in [0.15, 0.2) is 0 Å². The lowest BCUT2D eigenvalue weighted by molar-refractivity contribution is 0.0672. The molecule has 37 heavy (non-hydrogen) atoms. The molecule has 0 radical (unpaired) electrons. The zero-order valence-corrected chi connectivity index (χ0v) is 22.8. The van der Waals surface area contributed by atoms with Crippen molar-refractivity contribution in [3.8, 4) is 0 Å². The highest BCUT2D eigenvalue weighted by molar-refractivity contribution is 6.31. The molecule has 196 valence electrons. The fraction of sp³-hybridized carbons (Fsp3) is 0.333. The summed E-state index contributed by atoms with van der Waals surface area (Å²) in [5.74, 6) is -1.06. The molecule has 2 amide bonds. The summed E-state index contributed by atoms with van der Waals surface area (Å²) in [5, 5.41) is 3.37. The third kappa shape index (κ3) is 7.63. The van der Waals surface area contributed by atoms with E-state index in [0.29, 0.717) is 34.9 Å². The van der Waals surface area contributed by atoms with Gasteiger partial charge in [-0.05, 0) is 77.0 Å². The maximum absolute atomic E-state index is 13.8. The van der Waals surface area contributed by atoms with Crippen LogP contribution in [0.1, 0.15) is 66.5 Å². The molecule has 0 heterocycles. The highest BCUT2D eigenvalue weighted by Crippen LogP contribution is 2.27. The van der Waals surface area contributed by atoms with E-state index in [2.05, 4.69) is 26.1 Å². The zero-order valence-electron chi connectivity index (χ0n) is 22.1. The van der Waals surface area contributed by atoms with Crippen LogP contribution in [-0.2, 0) is 12.0 Å². The van der Waals surface area contributed by atoms with Crippen molar-refractivity contribution in [1.82, 2.24) is 4.90 Å². The van der Waals surface area contributed by atoms with Crippen molar-refractivity contribution in [2.75, 3.05) is 18.4 Å². The minimum atomic E-state index is -0.484. The van der Waals surface area contributed by atoms with Gasteiger partial charge in [-0.3, -0.25) is 9.59 Å². The Hall–Kier alpha value is -3.22. The van der Waals surface area contributed by atoms with Gasteiger partial charge in [0, 0.05) is 34.9 Å². The van der Waals surface area contributed by atoms with Crippen LogP contribution in [0.25, 0.3) is 0 Å². The predicted molar refractivity (Wildman–Crippen MR) is 149 cm³/mol. The molecule has 3 aromatic carbocycles. The largest absolute Gasteiger partial charge is 0.334 e. The summed E-state index contributed by atoms with van der Waals surface area (Å²) in [6, 6.07) is 18.3. The molecule has 0 bridgehead atoms. The van der Waals surface area contributed by atoms with Gasteiger partial charge >= 0.3 is 0 Å². The number of anilines is 1. The lowest BCUT2D eigenvalue weighted by atomic mass is 9.87. The monoisotopic (exact) mass is 523 g/mol. The van der Waals surface area contributed by atoms with Gasteiger partial charge in [0.2, 0.25) is 0 Å². The molecule has 0 saturated carbocycles. The number of halogens is 2. The molecule has 3 N–H and O–H groups in total. The average molecular weight is 524 g/mol. The first-order valence-corrected chi connectivity index (χ1v) is 12.6. The summed E-state index contributed by atoms with van der Waals surface area (Å²) in [4.78, 5) is 27.9. The van der Waals surface area contributed by atoms with Gasteiger partial charge < -0.3 is 16.0 Å². The van der Waals surface area contributed by atoms with Crippen LogP contribution < -0.4 is 11.1 Å². The second kappa shape index (κ2) is 11.4. The molecule has 7 heteroatoms. The number of hydrogen-bond acceptors (Lipinski definition) is 3. The first-order chi connectivity index (χ1) is 17.3. The van der Waals surface area contributed by atoms with E-state index in [0.717, 1.165) is 5.56 Å². The normalized spacial score (nSPS) is 11.8. The number of amides is 2. The fourth-order valence-electron chi connectivity index (χ4n) is 3.89. The average Bonchev–Trinajstić information content (AvgIpc) is 2.84. The number of nitrogens with one attached hydrogen (secondary N) is 1. The summed E-state index contributed by atoms with van der Waals surface area (Å²) < 4.78 is 13.8. The number of benzene rings is 3. The molecule has 5 nitrogen and oxygen atoms in total. The first-order valence-electron chi connectivity index (χ1n) is 12.2. The lowest BCUT2D eigenvalue weighted by Crippen LogP contribution is -2.41. The predicted octanol–water partition coefficient (Wildman–Crippen LogP) is 6.66. The van der Waals surface area contributed by atoms with Crippen molar-refractivity contribution >= 4 is 29.1 Å². The summed E-state index contributed by atoms with van der Waals surface area (Å²) in [5.41, 5.74) is 8.69. The molecular weight excluding hydrogens is 489 g/mol. The second-order valence-electron chi connectivity index (χ2n) is 11.1. The Morgan fingerprint density at radius 2 is 1.62 bits per heavy atom. The van der Waals surface area contributed by atoms with E-state index >= 15 is 0 Å². The van der Waals surface area contributed by atoms with Gasteiger partial charge in [-0.15, -0.1) is 0 Å². The zero-order chi connectivity index (χ0) is 27.4. The minimum absolute atomic E-state index is 0.00657. The topological polar surface area (TPSA) is 75.4 Å². The number of hydrogen-bond donors (Lipinski definition) is 2. The van der Waals surface area contributed by atoms with Gasteiger partial charge in [-0.2, -0.15) is 0 Å². The lowest BCUT2D eigenvalue weighted by Gasteiger charge is -2.32. The number of carbonyl (C=O) groups excluding carboxylic acids is 2. The molecule has 0 atom stereocenters. The molecule has 3 aromatic rings. The summed E-state index contributed by atoms with van der Waals surface area (Å²) >= 11 is 6.50. The van der Waals surface area contributed by atoms with Gasteiger partial charge in [0.25, 0.3) is 11.8 Å².